The van der Waals surface area contributed by atoms with Crippen LogP contribution in [0, 0.1) is 6.92 Å². The van der Waals surface area contributed by atoms with Gasteiger partial charge in [0, 0.05) is 5.69 Å². The zero-order valence-electron chi connectivity index (χ0n) is 8.25. The van der Waals surface area contributed by atoms with E-state index in [-0.39, 0.29) is 10.7 Å². The minimum absolute atomic E-state index is 0.0504. The fourth-order valence-electron chi connectivity index (χ4n) is 1.00. The number of nitrogens with one attached hydrogen (secondary N) is 1. The smallest absolute Gasteiger partial charge is 0.239 e. The number of hydrogen-bond acceptors (Lipinski definition) is 2. The summed E-state index contributed by atoms with van der Waals surface area (Å²) in [6, 6.07) is 5.54. The third kappa shape index (κ3) is 3.10. The Kier molecular flexibility index (Phi) is 4.07. The van der Waals surface area contributed by atoms with E-state index in [1.165, 1.54) is 0 Å². The van der Waals surface area contributed by atoms with E-state index < -0.39 is 0 Å². The molecule has 1 atom stereocenters. The Labute approximate surface area is 92.1 Å². The number of nitrogens with zero attached hydrogens (tertiary/aromatic N) is 1. The molecular weight excluding hydrogens is 244 g/mol. The van der Waals surface area contributed by atoms with Gasteiger partial charge in [0.15, 0.2) is 0 Å². The van der Waals surface area contributed by atoms with E-state index in [0.717, 1.165) is 12.1 Å². The van der Waals surface area contributed by atoms with Gasteiger partial charge in [-0.2, -0.15) is 0 Å². The molecule has 0 fully saturated rings. The minimum atomic E-state index is -0.148. The standard InChI is InChI=1S/C10H13BrN2O/c1-3-8(11)10(14)13-9-6-4-5-7(2)12-9/h4-6,8H,3H2,1-2H3,(H,12,13,14). The Bertz CT molecular complexity index is 328. The quantitative estimate of drug-likeness (QED) is 0.845. The van der Waals surface area contributed by atoms with E-state index in [1.54, 1.807) is 6.07 Å². The Morgan fingerprint density at radius 3 is 2.93 bits per heavy atom. The van der Waals surface area contributed by atoms with E-state index in [9.17, 15) is 4.79 Å². The van der Waals surface area contributed by atoms with E-state index in [2.05, 4.69) is 26.2 Å². The average molecular weight is 257 g/mol. The number of alkyl halides is 1. The van der Waals surface area contributed by atoms with Gasteiger partial charge in [0.2, 0.25) is 5.91 Å². The number of amides is 1. The van der Waals surface area contributed by atoms with Crippen molar-refractivity contribution >= 4 is 27.7 Å². The summed E-state index contributed by atoms with van der Waals surface area (Å²) in [5.41, 5.74) is 0.894. The van der Waals surface area contributed by atoms with Crippen molar-refractivity contribution in [3.63, 3.8) is 0 Å². The van der Waals surface area contributed by atoms with Crippen molar-refractivity contribution in [2.75, 3.05) is 5.32 Å². The topological polar surface area (TPSA) is 42.0 Å². The molecular formula is C10H13BrN2O. The number of pyridine rings is 1. The number of hydrogen-bond donors (Lipinski definition) is 1. The van der Waals surface area contributed by atoms with Gasteiger partial charge in [0.05, 0.1) is 4.83 Å². The lowest BCUT2D eigenvalue weighted by Crippen LogP contribution is -2.22. The Balaban J connectivity index is 2.65. The average Bonchev–Trinajstić information content (AvgIpc) is 2.16. The maximum Gasteiger partial charge on any atom is 0.239 e. The second kappa shape index (κ2) is 5.10. The molecule has 0 aromatic carbocycles. The molecule has 4 heteroatoms. The molecule has 0 radical (unpaired) electrons. The van der Waals surface area contributed by atoms with Gasteiger partial charge in [-0.05, 0) is 25.5 Å². The number of rotatable bonds is 3. The van der Waals surface area contributed by atoms with Crippen LogP contribution < -0.4 is 5.32 Å². The summed E-state index contributed by atoms with van der Waals surface area (Å²) in [6.45, 7) is 3.84. The molecule has 0 aliphatic heterocycles. The van der Waals surface area contributed by atoms with E-state index in [1.807, 2.05) is 26.0 Å². The fraction of sp³-hybridized carbons (Fsp3) is 0.400. The van der Waals surface area contributed by atoms with Gasteiger partial charge in [0.1, 0.15) is 5.82 Å². The van der Waals surface area contributed by atoms with Crippen LogP contribution in [-0.4, -0.2) is 15.7 Å². The van der Waals surface area contributed by atoms with Crippen LogP contribution in [0.2, 0.25) is 0 Å². The lowest BCUT2D eigenvalue weighted by atomic mass is 10.3. The zero-order valence-corrected chi connectivity index (χ0v) is 9.84. The second-order valence-corrected chi connectivity index (χ2v) is 4.13. The third-order valence-electron chi connectivity index (χ3n) is 1.78. The molecule has 0 bridgehead atoms. The molecule has 1 amide bonds. The normalized spacial score (nSPS) is 12.2. The molecule has 3 nitrogen and oxygen atoms in total. The maximum absolute atomic E-state index is 11.5. The number of aromatic nitrogens is 1. The van der Waals surface area contributed by atoms with Crippen molar-refractivity contribution in [2.24, 2.45) is 0 Å². The molecule has 14 heavy (non-hydrogen) atoms. The number of carbonyl (C=O) groups is 1. The minimum Gasteiger partial charge on any atom is -0.310 e. The largest absolute Gasteiger partial charge is 0.310 e. The molecule has 1 rings (SSSR count). The predicted octanol–water partition coefficient (Wildman–Crippen LogP) is 2.50. The van der Waals surface area contributed by atoms with Gasteiger partial charge in [0.25, 0.3) is 0 Å². The highest BCUT2D eigenvalue weighted by Gasteiger charge is 2.12. The number of carbonyl (C=O) groups excluding carboxylic acids is 1. The van der Waals surface area contributed by atoms with Crippen LogP contribution in [0.4, 0.5) is 5.82 Å². The zero-order chi connectivity index (χ0) is 10.6. The first kappa shape index (κ1) is 11.2. The summed E-state index contributed by atoms with van der Waals surface area (Å²) >= 11 is 3.28. The summed E-state index contributed by atoms with van der Waals surface area (Å²) < 4.78 is 0. The van der Waals surface area contributed by atoms with E-state index in [4.69, 9.17) is 0 Å². The van der Waals surface area contributed by atoms with E-state index in [0.29, 0.717) is 5.82 Å². The lowest BCUT2D eigenvalue weighted by molar-refractivity contribution is -0.115. The molecule has 1 aromatic heterocycles. The number of halogens is 1. The molecule has 0 aliphatic rings. The Morgan fingerprint density at radius 2 is 2.36 bits per heavy atom. The molecule has 0 aliphatic carbocycles. The highest BCUT2D eigenvalue weighted by Crippen LogP contribution is 2.09. The van der Waals surface area contributed by atoms with Crippen LogP contribution in [0.1, 0.15) is 19.0 Å². The van der Waals surface area contributed by atoms with Crippen LogP contribution in [0.3, 0.4) is 0 Å². The predicted molar refractivity (Wildman–Crippen MR) is 60.6 cm³/mol. The maximum atomic E-state index is 11.5. The van der Waals surface area contributed by atoms with Crippen molar-refractivity contribution in [3.8, 4) is 0 Å². The van der Waals surface area contributed by atoms with Crippen molar-refractivity contribution in [3.05, 3.63) is 23.9 Å². The SMILES string of the molecule is CCC(Br)C(=O)Nc1cccc(C)n1. The molecule has 1 aromatic rings. The molecule has 0 saturated carbocycles. The van der Waals surface area contributed by atoms with Crippen molar-refractivity contribution < 1.29 is 4.79 Å². The highest BCUT2D eigenvalue weighted by atomic mass is 79.9. The van der Waals surface area contributed by atoms with Gasteiger partial charge in [-0.25, -0.2) is 4.98 Å². The number of anilines is 1. The monoisotopic (exact) mass is 256 g/mol. The van der Waals surface area contributed by atoms with Crippen LogP contribution in [0.15, 0.2) is 18.2 Å². The summed E-state index contributed by atoms with van der Waals surface area (Å²) in [4.78, 5) is 15.5. The second-order valence-electron chi connectivity index (χ2n) is 3.03. The van der Waals surface area contributed by atoms with Gasteiger partial charge in [-0.3, -0.25) is 4.79 Å². The first-order valence-electron chi connectivity index (χ1n) is 4.52. The van der Waals surface area contributed by atoms with Crippen molar-refractivity contribution in [1.29, 1.82) is 0 Å². The molecule has 76 valence electrons. The van der Waals surface area contributed by atoms with Crippen LogP contribution in [-0.2, 0) is 4.79 Å². The third-order valence-corrected chi connectivity index (χ3v) is 2.85. The molecule has 1 heterocycles. The van der Waals surface area contributed by atoms with Crippen LogP contribution in [0.5, 0.6) is 0 Å². The van der Waals surface area contributed by atoms with E-state index >= 15 is 0 Å². The lowest BCUT2D eigenvalue weighted by Gasteiger charge is -2.07. The summed E-state index contributed by atoms with van der Waals surface area (Å²) in [6.07, 6.45) is 0.762. The molecule has 1 unspecified atom stereocenters. The molecule has 1 N–H and O–H groups in total. The van der Waals surface area contributed by atoms with Gasteiger partial charge in [-0.15, -0.1) is 0 Å². The van der Waals surface area contributed by atoms with Crippen molar-refractivity contribution in [2.45, 2.75) is 25.1 Å². The van der Waals surface area contributed by atoms with Gasteiger partial charge >= 0.3 is 0 Å². The fourth-order valence-corrected chi connectivity index (χ4v) is 1.12. The summed E-state index contributed by atoms with van der Waals surface area (Å²) in [5.74, 6) is 0.554. The van der Waals surface area contributed by atoms with Gasteiger partial charge in [-0.1, -0.05) is 28.9 Å². The van der Waals surface area contributed by atoms with Gasteiger partial charge < -0.3 is 5.32 Å². The number of aryl methyl sites for hydroxylation is 1. The first-order valence-corrected chi connectivity index (χ1v) is 5.43. The first-order chi connectivity index (χ1) is 6.63. The Morgan fingerprint density at radius 1 is 1.64 bits per heavy atom. The van der Waals surface area contributed by atoms with Crippen LogP contribution in [0.25, 0.3) is 0 Å². The Hall–Kier alpha value is -0.900. The highest BCUT2D eigenvalue weighted by molar-refractivity contribution is 9.10. The molecule has 0 saturated heterocycles. The molecule has 0 spiro atoms. The summed E-state index contributed by atoms with van der Waals surface area (Å²) in [5, 5.41) is 2.74. The van der Waals surface area contributed by atoms with Crippen molar-refractivity contribution in [1.82, 2.24) is 4.98 Å². The van der Waals surface area contributed by atoms with Crippen LogP contribution >= 0.6 is 15.9 Å². The summed E-state index contributed by atoms with van der Waals surface area (Å²) in [7, 11) is 0.